The number of halogens is 2. The van der Waals surface area contributed by atoms with Gasteiger partial charge in [-0.25, -0.2) is 8.78 Å². The summed E-state index contributed by atoms with van der Waals surface area (Å²) in [4.78, 5) is 6.70. The van der Waals surface area contributed by atoms with Crippen molar-refractivity contribution in [3.8, 4) is 5.75 Å². The van der Waals surface area contributed by atoms with Gasteiger partial charge in [-0.3, -0.25) is 9.89 Å². The van der Waals surface area contributed by atoms with Crippen LogP contribution in [0.4, 0.5) is 8.78 Å². The van der Waals surface area contributed by atoms with Crippen molar-refractivity contribution in [1.29, 1.82) is 0 Å². The van der Waals surface area contributed by atoms with E-state index in [-0.39, 0.29) is 12.0 Å². The number of rotatable bonds is 8. The summed E-state index contributed by atoms with van der Waals surface area (Å²) in [7, 11) is 3.36. The van der Waals surface area contributed by atoms with Gasteiger partial charge in [0.05, 0.1) is 26.4 Å². The SMILES string of the molecule is CN=C(NCC(C)c1ccc(F)cc1F)NCC(c1ccc(OC)cc1)N1CCOCC1. The van der Waals surface area contributed by atoms with Crippen molar-refractivity contribution in [2.75, 3.05) is 53.6 Å². The molecule has 1 fully saturated rings. The van der Waals surface area contributed by atoms with Crippen LogP contribution in [0.1, 0.15) is 30.0 Å². The number of hydrogen-bond donors (Lipinski definition) is 2. The minimum absolute atomic E-state index is 0.135. The first-order valence-electron chi connectivity index (χ1n) is 10.9. The van der Waals surface area contributed by atoms with Crippen molar-refractivity contribution in [1.82, 2.24) is 15.5 Å². The summed E-state index contributed by atoms with van der Waals surface area (Å²) in [6.07, 6.45) is 0. The number of aliphatic imine (C=N–C) groups is 1. The summed E-state index contributed by atoms with van der Waals surface area (Å²) >= 11 is 0. The molecule has 0 saturated carbocycles. The number of nitrogens with zero attached hydrogens (tertiary/aromatic N) is 2. The summed E-state index contributed by atoms with van der Waals surface area (Å²) in [5, 5.41) is 6.65. The van der Waals surface area contributed by atoms with Gasteiger partial charge in [-0.1, -0.05) is 25.1 Å². The monoisotopic (exact) mass is 446 g/mol. The average molecular weight is 447 g/mol. The number of ether oxygens (including phenoxy) is 2. The largest absolute Gasteiger partial charge is 0.497 e. The molecule has 2 unspecified atom stereocenters. The van der Waals surface area contributed by atoms with Gasteiger partial charge in [0, 0.05) is 45.2 Å². The summed E-state index contributed by atoms with van der Waals surface area (Å²) in [5.74, 6) is 0.199. The van der Waals surface area contributed by atoms with E-state index in [2.05, 4.69) is 32.7 Å². The minimum Gasteiger partial charge on any atom is -0.497 e. The Kier molecular flexibility index (Phi) is 8.81. The molecule has 2 atom stereocenters. The van der Waals surface area contributed by atoms with E-state index in [1.807, 2.05) is 19.1 Å². The zero-order chi connectivity index (χ0) is 22.9. The first-order valence-corrected chi connectivity index (χ1v) is 10.9. The molecule has 8 heteroatoms. The molecule has 2 aromatic carbocycles. The third kappa shape index (κ3) is 6.40. The van der Waals surface area contributed by atoms with E-state index in [0.717, 1.165) is 24.9 Å². The van der Waals surface area contributed by atoms with E-state index in [4.69, 9.17) is 9.47 Å². The van der Waals surface area contributed by atoms with Gasteiger partial charge in [-0.2, -0.15) is 0 Å². The third-order valence-electron chi connectivity index (χ3n) is 5.74. The third-order valence-corrected chi connectivity index (χ3v) is 5.74. The zero-order valence-electron chi connectivity index (χ0n) is 18.9. The predicted molar refractivity (Wildman–Crippen MR) is 122 cm³/mol. The van der Waals surface area contributed by atoms with Crippen LogP contribution in [0, 0.1) is 11.6 Å². The molecule has 6 nitrogen and oxygen atoms in total. The van der Waals surface area contributed by atoms with Crippen LogP contribution >= 0.6 is 0 Å². The Bertz CT molecular complexity index is 886. The maximum absolute atomic E-state index is 14.1. The molecule has 2 aromatic rings. The molecule has 174 valence electrons. The molecule has 0 aliphatic carbocycles. The normalized spacial score (nSPS) is 17.0. The lowest BCUT2D eigenvalue weighted by Gasteiger charge is -2.35. The van der Waals surface area contributed by atoms with Gasteiger partial charge in [0.2, 0.25) is 0 Å². The molecule has 1 heterocycles. The fourth-order valence-electron chi connectivity index (χ4n) is 3.85. The maximum atomic E-state index is 14.1. The Labute approximate surface area is 188 Å². The number of methoxy groups -OCH3 is 1. The summed E-state index contributed by atoms with van der Waals surface area (Å²) in [6, 6.07) is 11.9. The van der Waals surface area contributed by atoms with Crippen molar-refractivity contribution in [2.45, 2.75) is 18.9 Å². The molecule has 1 aliphatic heterocycles. The molecular weight excluding hydrogens is 414 g/mol. The molecule has 1 aliphatic rings. The van der Waals surface area contributed by atoms with E-state index in [9.17, 15) is 8.78 Å². The minimum atomic E-state index is -0.573. The Morgan fingerprint density at radius 2 is 1.78 bits per heavy atom. The maximum Gasteiger partial charge on any atom is 0.191 e. The average Bonchev–Trinajstić information content (AvgIpc) is 2.82. The lowest BCUT2D eigenvalue weighted by atomic mass is 10.0. The van der Waals surface area contributed by atoms with Gasteiger partial charge >= 0.3 is 0 Å². The summed E-state index contributed by atoms with van der Waals surface area (Å²) in [6.45, 7) is 6.13. The smallest absolute Gasteiger partial charge is 0.191 e. The molecule has 1 saturated heterocycles. The highest BCUT2D eigenvalue weighted by Gasteiger charge is 2.23. The lowest BCUT2D eigenvalue weighted by Crippen LogP contribution is -2.46. The number of benzene rings is 2. The summed E-state index contributed by atoms with van der Waals surface area (Å²) in [5.41, 5.74) is 1.65. The van der Waals surface area contributed by atoms with Gasteiger partial charge in [0.25, 0.3) is 0 Å². The van der Waals surface area contributed by atoms with Crippen LogP contribution in [-0.2, 0) is 4.74 Å². The highest BCUT2D eigenvalue weighted by molar-refractivity contribution is 5.79. The van der Waals surface area contributed by atoms with Crippen molar-refractivity contribution < 1.29 is 18.3 Å². The highest BCUT2D eigenvalue weighted by atomic mass is 19.1. The molecule has 0 bridgehead atoms. The van der Waals surface area contributed by atoms with Gasteiger partial charge in [-0.05, 0) is 29.3 Å². The van der Waals surface area contributed by atoms with Crippen molar-refractivity contribution in [3.05, 3.63) is 65.2 Å². The summed E-state index contributed by atoms with van der Waals surface area (Å²) < 4.78 is 38.1. The van der Waals surface area contributed by atoms with Crippen LogP contribution in [-0.4, -0.2) is 64.4 Å². The first-order chi connectivity index (χ1) is 15.5. The van der Waals surface area contributed by atoms with Crippen LogP contribution in [0.5, 0.6) is 5.75 Å². The fraction of sp³-hybridized carbons (Fsp3) is 0.458. The van der Waals surface area contributed by atoms with Crippen molar-refractivity contribution in [2.24, 2.45) is 4.99 Å². The van der Waals surface area contributed by atoms with Crippen LogP contribution in [0.2, 0.25) is 0 Å². The predicted octanol–water partition coefficient (Wildman–Crippen LogP) is 3.32. The van der Waals surface area contributed by atoms with Crippen LogP contribution < -0.4 is 15.4 Å². The second-order valence-corrected chi connectivity index (χ2v) is 7.84. The van der Waals surface area contributed by atoms with E-state index >= 15 is 0 Å². The van der Waals surface area contributed by atoms with Crippen LogP contribution in [0.25, 0.3) is 0 Å². The number of hydrogen-bond acceptors (Lipinski definition) is 4. The van der Waals surface area contributed by atoms with Gasteiger partial charge in [0.1, 0.15) is 17.4 Å². The molecule has 3 rings (SSSR count). The first kappa shape index (κ1) is 23.9. The number of guanidine groups is 1. The molecule has 32 heavy (non-hydrogen) atoms. The Morgan fingerprint density at radius 1 is 1.09 bits per heavy atom. The Balaban J connectivity index is 1.62. The van der Waals surface area contributed by atoms with Crippen molar-refractivity contribution in [3.63, 3.8) is 0 Å². The highest BCUT2D eigenvalue weighted by Crippen LogP contribution is 2.24. The zero-order valence-corrected chi connectivity index (χ0v) is 18.9. The van der Waals surface area contributed by atoms with Crippen LogP contribution in [0.15, 0.2) is 47.5 Å². The van der Waals surface area contributed by atoms with Gasteiger partial charge in [-0.15, -0.1) is 0 Å². The standard InChI is InChI=1S/C24H32F2N4O2/c1-17(21-9-6-19(25)14-22(21)26)15-28-24(27-2)29-16-23(30-10-12-32-13-11-30)18-4-7-20(31-3)8-5-18/h4-9,14,17,23H,10-13,15-16H2,1-3H3,(H2,27,28,29). The molecule has 0 radical (unpaired) electrons. The number of nitrogens with one attached hydrogen (secondary N) is 2. The van der Waals surface area contributed by atoms with Crippen molar-refractivity contribution >= 4 is 5.96 Å². The van der Waals surface area contributed by atoms with E-state index in [1.54, 1.807) is 14.2 Å². The van der Waals surface area contributed by atoms with Gasteiger partial charge in [0.15, 0.2) is 5.96 Å². The Hall–Kier alpha value is -2.71. The molecule has 2 N–H and O–H groups in total. The topological polar surface area (TPSA) is 58.1 Å². The molecular formula is C24H32F2N4O2. The second-order valence-electron chi connectivity index (χ2n) is 7.84. The molecule has 0 aromatic heterocycles. The lowest BCUT2D eigenvalue weighted by molar-refractivity contribution is 0.0170. The van der Waals surface area contributed by atoms with E-state index in [0.29, 0.717) is 37.8 Å². The quantitative estimate of drug-likeness (QED) is 0.481. The van der Waals surface area contributed by atoms with E-state index in [1.165, 1.54) is 17.7 Å². The Morgan fingerprint density at radius 3 is 2.41 bits per heavy atom. The second kappa shape index (κ2) is 11.8. The molecule has 0 amide bonds. The fourth-order valence-corrected chi connectivity index (χ4v) is 3.85. The van der Waals surface area contributed by atoms with Gasteiger partial charge < -0.3 is 20.1 Å². The van der Waals surface area contributed by atoms with Crippen LogP contribution in [0.3, 0.4) is 0 Å². The van der Waals surface area contributed by atoms with E-state index < -0.39 is 11.6 Å². The molecule has 0 spiro atoms. The number of morpholine rings is 1.